The molecule has 0 saturated heterocycles. The molecular weight excluding hydrogens is 402 g/mol. The van der Waals surface area contributed by atoms with Crippen LogP contribution >= 0.6 is 0 Å². The summed E-state index contributed by atoms with van der Waals surface area (Å²) in [5.41, 5.74) is 4.22. The normalized spacial score (nSPS) is 14.3. The van der Waals surface area contributed by atoms with Crippen LogP contribution in [0.15, 0.2) is 66.7 Å². The first-order valence-corrected chi connectivity index (χ1v) is 10.9. The van der Waals surface area contributed by atoms with Crippen molar-refractivity contribution in [1.29, 1.82) is 0 Å². The highest BCUT2D eigenvalue weighted by atomic mass is 16.3. The van der Waals surface area contributed by atoms with Crippen molar-refractivity contribution in [2.45, 2.75) is 25.4 Å². The minimum atomic E-state index is -0.955. The summed E-state index contributed by atoms with van der Waals surface area (Å²) in [4.78, 5) is 30.9. The molecule has 4 aromatic rings. The van der Waals surface area contributed by atoms with Crippen LogP contribution in [0.4, 0.5) is 0 Å². The van der Waals surface area contributed by atoms with Crippen LogP contribution in [0.25, 0.3) is 21.7 Å². The van der Waals surface area contributed by atoms with Gasteiger partial charge in [-0.2, -0.15) is 0 Å². The second-order valence-electron chi connectivity index (χ2n) is 8.26. The number of aromatic nitrogens is 1. The fraction of sp³-hybridized carbons (Fsp3) is 0.231. The Morgan fingerprint density at radius 1 is 1.00 bits per heavy atom. The van der Waals surface area contributed by atoms with E-state index < -0.39 is 12.6 Å². The van der Waals surface area contributed by atoms with Gasteiger partial charge in [0.1, 0.15) is 6.04 Å². The summed E-state index contributed by atoms with van der Waals surface area (Å²) in [6, 6.07) is 20.9. The zero-order valence-corrected chi connectivity index (χ0v) is 17.7. The predicted molar refractivity (Wildman–Crippen MR) is 124 cm³/mol. The van der Waals surface area contributed by atoms with Crippen molar-refractivity contribution in [3.05, 3.63) is 83.6 Å². The van der Waals surface area contributed by atoms with Gasteiger partial charge in [-0.15, -0.1) is 0 Å². The molecule has 1 aromatic heterocycles. The molecule has 3 N–H and O–H groups in total. The first-order chi connectivity index (χ1) is 15.6. The lowest BCUT2D eigenvalue weighted by Gasteiger charge is -2.30. The highest BCUT2D eigenvalue weighted by Gasteiger charge is 2.29. The number of aliphatic hydroxyl groups is 1. The maximum absolute atomic E-state index is 13.1. The second kappa shape index (κ2) is 8.48. The van der Waals surface area contributed by atoms with Crippen LogP contribution in [0.5, 0.6) is 0 Å². The largest absolute Gasteiger partial charge is 0.394 e. The van der Waals surface area contributed by atoms with E-state index >= 15 is 0 Å². The number of H-pyrrole nitrogens is 1. The molecule has 2 amide bonds. The summed E-state index contributed by atoms with van der Waals surface area (Å²) in [5.74, 6) is -0.542. The zero-order chi connectivity index (χ0) is 22.1. The average molecular weight is 428 g/mol. The number of benzene rings is 3. The van der Waals surface area contributed by atoms with Crippen LogP contribution < -0.4 is 5.32 Å². The summed E-state index contributed by atoms with van der Waals surface area (Å²) in [6.45, 7) is 0.568. The maximum atomic E-state index is 13.1. The van der Waals surface area contributed by atoms with Crippen molar-refractivity contribution >= 4 is 33.5 Å². The van der Waals surface area contributed by atoms with E-state index in [-0.39, 0.29) is 18.2 Å². The molecule has 6 nitrogen and oxygen atoms in total. The molecule has 0 fully saturated rings. The smallest absolute Gasteiger partial charge is 0.247 e. The lowest BCUT2D eigenvalue weighted by Crippen LogP contribution is -2.51. The fourth-order valence-corrected chi connectivity index (χ4v) is 4.65. The molecule has 1 atom stereocenters. The lowest BCUT2D eigenvalue weighted by molar-refractivity contribution is -0.138. The van der Waals surface area contributed by atoms with E-state index in [2.05, 4.69) is 16.4 Å². The van der Waals surface area contributed by atoms with Crippen molar-refractivity contribution in [2.24, 2.45) is 0 Å². The summed E-state index contributed by atoms with van der Waals surface area (Å²) >= 11 is 0. The second-order valence-corrected chi connectivity index (χ2v) is 8.26. The van der Waals surface area contributed by atoms with Crippen LogP contribution in [-0.4, -0.2) is 46.0 Å². The summed E-state index contributed by atoms with van der Waals surface area (Å²) < 4.78 is 0. The highest BCUT2D eigenvalue weighted by Crippen LogP contribution is 2.27. The Kier molecular flexibility index (Phi) is 5.37. The summed E-state index contributed by atoms with van der Waals surface area (Å²) in [6.07, 6.45) is 0.893. The Hall–Kier alpha value is -3.64. The number of hydrogen-bond acceptors (Lipinski definition) is 3. The van der Waals surface area contributed by atoms with Crippen molar-refractivity contribution in [2.75, 3.05) is 13.2 Å². The predicted octanol–water partition coefficient (Wildman–Crippen LogP) is 2.93. The maximum Gasteiger partial charge on any atom is 0.247 e. The number of rotatable bonds is 5. The molecule has 0 spiro atoms. The molecule has 0 bridgehead atoms. The number of aliphatic hydroxyl groups excluding tert-OH is 1. The average Bonchev–Trinajstić information content (AvgIpc) is 3.20. The third-order valence-corrected chi connectivity index (χ3v) is 6.24. The fourth-order valence-electron chi connectivity index (χ4n) is 4.65. The van der Waals surface area contributed by atoms with Gasteiger partial charge in [0.2, 0.25) is 11.8 Å². The van der Waals surface area contributed by atoms with Gasteiger partial charge in [0, 0.05) is 23.1 Å². The first-order valence-electron chi connectivity index (χ1n) is 10.9. The van der Waals surface area contributed by atoms with Crippen LogP contribution in [0.1, 0.15) is 16.8 Å². The molecule has 6 heteroatoms. The monoisotopic (exact) mass is 427 g/mol. The quantitative estimate of drug-likeness (QED) is 0.458. The van der Waals surface area contributed by atoms with Crippen molar-refractivity contribution in [1.82, 2.24) is 15.2 Å². The molecule has 0 saturated carbocycles. The van der Waals surface area contributed by atoms with Gasteiger partial charge in [-0.25, -0.2) is 0 Å². The number of carbonyl (C=O) groups is 2. The van der Waals surface area contributed by atoms with Crippen LogP contribution in [0.2, 0.25) is 0 Å². The Bertz CT molecular complexity index is 1300. The number of hydrogen-bond donors (Lipinski definition) is 3. The van der Waals surface area contributed by atoms with Crippen LogP contribution in [-0.2, 0) is 29.0 Å². The van der Waals surface area contributed by atoms with E-state index in [0.717, 1.165) is 34.0 Å². The third kappa shape index (κ3) is 3.74. The lowest BCUT2D eigenvalue weighted by atomic mass is 10.0. The van der Waals surface area contributed by atoms with E-state index in [1.165, 1.54) is 10.9 Å². The molecule has 1 aliphatic heterocycles. The van der Waals surface area contributed by atoms with Gasteiger partial charge in [0.05, 0.1) is 19.6 Å². The topological polar surface area (TPSA) is 85.4 Å². The van der Waals surface area contributed by atoms with E-state index in [0.29, 0.717) is 13.1 Å². The van der Waals surface area contributed by atoms with Gasteiger partial charge < -0.3 is 20.3 Å². The number of nitrogens with one attached hydrogen (secondary N) is 2. The van der Waals surface area contributed by atoms with Crippen LogP contribution in [0, 0.1) is 0 Å². The van der Waals surface area contributed by atoms with E-state index in [1.807, 2.05) is 60.7 Å². The molecule has 32 heavy (non-hydrogen) atoms. The number of amides is 2. The first kappa shape index (κ1) is 20.3. The molecule has 3 aromatic carbocycles. The minimum absolute atomic E-state index is 0.150. The number of carbonyl (C=O) groups excluding carboxylic acids is 2. The Morgan fingerprint density at radius 2 is 1.75 bits per heavy atom. The minimum Gasteiger partial charge on any atom is -0.394 e. The van der Waals surface area contributed by atoms with E-state index in [4.69, 9.17) is 0 Å². The van der Waals surface area contributed by atoms with Gasteiger partial charge in [-0.1, -0.05) is 60.7 Å². The number of nitrogens with zero attached hydrogens (tertiary/aromatic N) is 1. The standard InChI is InChI=1S/C26H25N3O3/c30-16-24(28-25(31)14-18-8-5-7-17-6-1-2-9-19(17)18)26(32)29-13-12-21-20-10-3-4-11-22(20)27-23(21)15-29/h1-11,24,27,30H,12-16H2,(H,28,31)/t24-/m0/s1. The van der Waals surface area contributed by atoms with E-state index in [9.17, 15) is 14.7 Å². The Labute approximate surface area is 185 Å². The van der Waals surface area contributed by atoms with Crippen LogP contribution in [0.3, 0.4) is 0 Å². The van der Waals surface area contributed by atoms with Gasteiger partial charge in [0.15, 0.2) is 0 Å². The molecule has 0 aliphatic carbocycles. The summed E-state index contributed by atoms with van der Waals surface area (Å²) in [7, 11) is 0. The Morgan fingerprint density at radius 3 is 2.59 bits per heavy atom. The number of fused-ring (bicyclic) bond motifs is 4. The SMILES string of the molecule is O=C(Cc1cccc2ccccc12)N[C@@H](CO)C(=O)N1CCc2c([nH]c3ccccc23)C1. The molecule has 2 heterocycles. The van der Waals surface area contributed by atoms with Gasteiger partial charge in [-0.3, -0.25) is 9.59 Å². The molecule has 0 unspecified atom stereocenters. The summed E-state index contributed by atoms with van der Waals surface area (Å²) in [5, 5.41) is 15.9. The molecule has 0 radical (unpaired) electrons. The van der Waals surface area contributed by atoms with Gasteiger partial charge in [0.25, 0.3) is 0 Å². The van der Waals surface area contributed by atoms with Gasteiger partial charge in [-0.05, 0) is 34.4 Å². The molecular formula is C26H25N3O3. The van der Waals surface area contributed by atoms with Gasteiger partial charge >= 0.3 is 0 Å². The zero-order valence-electron chi connectivity index (χ0n) is 17.7. The number of para-hydroxylation sites is 1. The van der Waals surface area contributed by atoms with Crippen molar-refractivity contribution in [3.63, 3.8) is 0 Å². The molecule has 5 rings (SSSR count). The Balaban J connectivity index is 1.28. The molecule has 162 valence electrons. The third-order valence-electron chi connectivity index (χ3n) is 6.24. The van der Waals surface area contributed by atoms with E-state index in [1.54, 1.807) is 4.90 Å². The number of aromatic amines is 1. The molecule has 1 aliphatic rings. The van der Waals surface area contributed by atoms with Crippen molar-refractivity contribution < 1.29 is 14.7 Å². The highest BCUT2D eigenvalue weighted by molar-refractivity contribution is 5.93. The van der Waals surface area contributed by atoms with Crippen molar-refractivity contribution in [3.8, 4) is 0 Å².